The zero-order valence-corrected chi connectivity index (χ0v) is 5.65. The SMILES string of the molecule is O=c1ccnc2ccocc1-2. The van der Waals surface area contributed by atoms with Crippen LogP contribution in [-0.4, -0.2) is 4.98 Å². The van der Waals surface area contributed by atoms with E-state index in [2.05, 4.69) is 4.98 Å². The van der Waals surface area contributed by atoms with Crippen LogP contribution in [0.2, 0.25) is 0 Å². The van der Waals surface area contributed by atoms with Crippen LogP contribution < -0.4 is 5.43 Å². The summed E-state index contributed by atoms with van der Waals surface area (Å²) in [7, 11) is 0. The molecule has 3 heteroatoms. The summed E-state index contributed by atoms with van der Waals surface area (Å²) in [6.07, 6.45) is 4.39. The molecule has 54 valence electrons. The van der Waals surface area contributed by atoms with Gasteiger partial charge >= 0.3 is 0 Å². The Morgan fingerprint density at radius 1 is 1.36 bits per heavy atom. The van der Waals surface area contributed by atoms with E-state index in [9.17, 15) is 4.79 Å². The fraction of sp³-hybridized carbons (Fsp3) is 0. The molecule has 2 aliphatic heterocycles. The first kappa shape index (κ1) is 6.09. The van der Waals surface area contributed by atoms with Crippen LogP contribution in [-0.2, 0) is 0 Å². The third-order valence-electron chi connectivity index (χ3n) is 1.47. The fourth-order valence-electron chi connectivity index (χ4n) is 0.933. The van der Waals surface area contributed by atoms with Crippen molar-refractivity contribution in [3.05, 3.63) is 41.1 Å². The van der Waals surface area contributed by atoms with E-state index >= 15 is 0 Å². The summed E-state index contributed by atoms with van der Waals surface area (Å²) in [6, 6.07) is 3.08. The molecule has 0 aliphatic carbocycles. The molecule has 2 aliphatic rings. The number of rotatable bonds is 0. The van der Waals surface area contributed by atoms with Gasteiger partial charge < -0.3 is 4.42 Å². The lowest BCUT2D eigenvalue weighted by Gasteiger charge is -1.97. The molecule has 0 saturated heterocycles. The van der Waals surface area contributed by atoms with Crippen LogP contribution in [0.15, 0.2) is 40.1 Å². The lowest BCUT2D eigenvalue weighted by atomic mass is 10.2. The molecule has 0 radical (unpaired) electrons. The van der Waals surface area contributed by atoms with Crippen LogP contribution >= 0.6 is 0 Å². The molecule has 0 amide bonds. The lowest BCUT2D eigenvalue weighted by Crippen LogP contribution is -2.04. The summed E-state index contributed by atoms with van der Waals surface area (Å²) in [6.45, 7) is 0. The first-order valence-corrected chi connectivity index (χ1v) is 3.19. The molecule has 0 atom stereocenters. The van der Waals surface area contributed by atoms with Gasteiger partial charge in [-0.2, -0.15) is 0 Å². The van der Waals surface area contributed by atoms with E-state index in [0.717, 1.165) is 0 Å². The summed E-state index contributed by atoms with van der Waals surface area (Å²) in [4.78, 5) is 15.1. The standard InChI is InChI=1S/C8H5NO2/c10-8-1-3-9-7-2-4-11-5-6(7)8/h1-5H. The molecule has 2 heterocycles. The molecular weight excluding hydrogens is 142 g/mol. The highest BCUT2D eigenvalue weighted by molar-refractivity contribution is 5.56. The second kappa shape index (κ2) is 2.20. The van der Waals surface area contributed by atoms with Crippen molar-refractivity contribution >= 4 is 0 Å². The van der Waals surface area contributed by atoms with Gasteiger partial charge in [0.05, 0.1) is 17.5 Å². The molecule has 0 N–H and O–H groups in total. The largest absolute Gasteiger partial charge is 0.472 e. The van der Waals surface area contributed by atoms with Gasteiger partial charge in [0.1, 0.15) is 6.26 Å². The molecule has 0 spiro atoms. The summed E-state index contributed by atoms with van der Waals surface area (Å²) >= 11 is 0. The number of hydrogen-bond acceptors (Lipinski definition) is 3. The molecule has 0 saturated carbocycles. The highest BCUT2D eigenvalue weighted by Gasteiger charge is 2.04. The minimum atomic E-state index is -0.0562. The minimum Gasteiger partial charge on any atom is -0.472 e. The number of hydrogen-bond donors (Lipinski definition) is 0. The summed E-state index contributed by atoms with van der Waals surface area (Å²) < 4.78 is 4.83. The van der Waals surface area contributed by atoms with Crippen molar-refractivity contribution < 1.29 is 4.42 Å². The topological polar surface area (TPSA) is 43.1 Å². The van der Waals surface area contributed by atoms with Gasteiger partial charge in [-0.3, -0.25) is 9.78 Å². The van der Waals surface area contributed by atoms with E-state index in [1.54, 1.807) is 6.07 Å². The Morgan fingerprint density at radius 3 is 3.09 bits per heavy atom. The number of aromatic nitrogens is 1. The zero-order valence-electron chi connectivity index (χ0n) is 5.65. The Labute approximate surface area is 62.7 Å². The van der Waals surface area contributed by atoms with Crippen LogP contribution in [0.25, 0.3) is 11.3 Å². The maximum Gasteiger partial charge on any atom is 0.192 e. The average Bonchev–Trinajstić information content (AvgIpc) is 2.06. The Balaban J connectivity index is 2.90. The van der Waals surface area contributed by atoms with Crippen molar-refractivity contribution in [1.29, 1.82) is 0 Å². The van der Waals surface area contributed by atoms with E-state index in [-0.39, 0.29) is 5.43 Å². The van der Waals surface area contributed by atoms with Crippen LogP contribution in [0.5, 0.6) is 0 Å². The smallest absolute Gasteiger partial charge is 0.192 e. The van der Waals surface area contributed by atoms with Gasteiger partial charge in [-0.15, -0.1) is 0 Å². The normalized spacial score (nSPS) is 10.2. The monoisotopic (exact) mass is 147 g/mol. The van der Waals surface area contributed by atoms with Crippen molar-refractivity contribution in [3.63, 3.8) is 0 Å². The summed E-state index contributed by atoms with van der Waals surface area (Å²) in [5.41, 5.74) is 1.14. The molecule has 11 heavy (non-hydrogen) atoms. The molecule has 3 nitrogen and oxygen atoms in total. The quantitative estimate of drug-likeness (QED) is 0.561. The Hall–Kier alpha value is -1.64. The summed E-state index contributed by atoms with van der Waals surface area (Å²) in [5.74, 6) is 0. The Kier molecular flexibility index (Phi) is 1.22. The minimum absolute atomic E-state index is 0.0562. The second-order valence-electron chi connectivity index (χ2n) is 2.16. The predicted octanol–water partition coefficient (Wildman–Crippen LogP) is 1.14. The third kappa shape index (κ3) is 0.902. The first-order valence-electron chi connectivity index (χ1n) is 3.19. The van der Waals surface area contributed by atoms with E-state index < -0.39 is 0 Å². The molecule has 0 fully saturated rings. The predicted molar refractivity (Wildman–Crippen MR) is 39.4 cm³/mol. The number of fused-ring (bicyclic) bond motifs is 1. The Bertz CT molecular complexity index is 394. The maximum absolute atomic E-state index is 11.1. The summed E-state index contributed by atoms with van der Waals surface area (Å²) in [5, 5.41) is 0. The highest BCUT2D eigenvalue weighted by Crippen LogP contribution is 2.11. The van der Waals surface area contributed by atoms with Gasteiger partial charge in [0.15, 0.2) is 5.43 Å². The molecule has 0 bridgehead atoms. The zero-order chi connectivity index (χ0) is 7.68. The second-order valence-corrected chi connectivity index (χ2v) is 2.16. The van der Waals surface area contributed by atoms with Crippen LogP contribution in [0.1, 0.15) is 0 Å². The van der Waals surface area contributed by atoms with Crippen molar-refractivity contribution in [2.24, 2.45) is 0 Å². The van der Waals surface area contributed by atoms with Crippen molar-refractivity contribution in [2.75, 3.05) is 0 Å². The van der Waals surface area contributed by atoms with Gasteiger partial charge in [0.2, 0.25) is 0 Å². The van der Waals surface area contributed by atoms with Crippen LogP contribution in [0.3, 0.4) is 0 Å². The fourth-order valence-corrected chi connectivity index (χ4v) is 0.933. The van der Waals surface area contributed by atoms with Gasteiger partial charge in [-0.25, -0.2) is 0 Å². The van der Waals surface area contributed by atoms with Crippen molar-refractivity contribution in [2.45, 2.75) is 0 Å². The van der Waals surface area contributed by atoms with Crippen molar-refractivity contribution in [3.8, 4) is 11.3 Å². The van der Waals surface area contributed by atoms with E-state index in [1.165, 1.54) is 24.8 Å². The average molecular weight is 147 g/mol. The van der Waals surface area contributed by atoms with Crippen LogP contribution in [0, 0.1) is 0 Å². The highest BCUT2D eigenvalue weighted by atomic mass is 16.3. The molecular formula is C8H5NO2. The van der Waals surface area contributed by atoms with Gasteiger partial charge in [0, 0.05) is 12.3 Å². The maximum atomic E-state index is 11.1. The first-order chi connectivity index (χ1) is 5.38. The van der Waals surface area contributed by atoms with Gasteiger partial charge in [-0.05, 0) is 6.07 Å². The third-order valence-corrected chi connectivity index (χ3v) is 1.47. The van der Waals surface area contributed by atoms with E-state index in [0.29, 0.717) is 11.3 Å². The van der Waals surface area contributed by atoms with Crippen molar-refractivity contribution in [1.82, 2.24) is 4.98 Å². The van der Waals surface area contributed by atoms with Gasteiger partial charge in [0.25, 0.3) is 0 Å². The van der Waals surface area contributed by atoms with E-state index in [4.69, 9.17) is 4.42 Å². The molecule has 0 aromatic heterocycles. The molecule has 0 unspecified atom stereocenters. The van der Waals surface area contributed by atoms with Crippen LogP contribution in [0.4, 0.5) is 0 Å². The number of nitrogens with zero attached hydrogens (tertiary/aromatic N) is 1. The lowest BCUT2D eigenvalue weighted by molar-refractivity contribution is 0.550. The number of pyridine rings is 1. The molecule has 0 aromatic carbocycles. The Morgan fingerprint density at radius 2 is 2.27 bits per heavy atom. The van der Waals surface area contributed by atoms with Gasteiger partial charge in [-0.1, -0.05) is 0 Å². The molecule has 2 rings (SSSR count). The molecule has 0 aromatic rings. The van der Waals surface area contributed by atoms with E-state index in [1.807, 2.05) is 0 Å².